The van der Waals surface area contributed by atoms with Crippen LogP contribution in [-0.4, -0.2) is 19.2 Å². The molecule has 0 bridgehead atoms. The van der Waals surface area contributed by atoms with Crippen LogP contribution in [0.3, 0.4) is 0 Å². The first-order valence-corrected chi connectivity index (χ1v) is 5.73. The van der Waals surface area contributed by atoms with Crippen molar-refractivity contribution < 1.29 is 17.2 Å². The van der Waals surface area contributed by atoms with Crippen LogP contribution in [0, 0.1) is 0 Å². The van der Waals surface area contributed by atoms with Crippen LogP contribution in [0.2, 0.25) is 0 Å². The molecule has 80 valence electrons. The van der Waals surface area contributed by atoms with Crippen LogP contribution in [0.25, 0.3) is 0 Å². The van der Waals surface area contributed by atoms with Gasteiger partial charge in [-0.3, -0.25) is 4.55 Å². The molecule has 0 radical (unpaired) electrons. The molecule has 0 aromatic heterocycles. The molecule has 0 aliphatic heterocycles. The highest BCUT2D eigenvalue weighted by Gasteiger charge is 2.11. The van der Waals surface area contributed by atoms with Gasteiger partial charge in [-0.2, -0.15) is 8.42 Å². The summed E-state index contributed by atoms with van der Waals surface area (Å²) in [6.45, 7) is 2.08. The van der Waals surface area contributed by atoms with Crippen LogP contribution in [0.4, 0.5) is 0 Å². The standard InChI is InChI=1S/C7H17NO4S/c1-2-3-4-5-6-7(8)12-13(9,10)11/h7H,2-6,8H2,1H3,(H,9,10,11). The highest BCUT2D eigenvalue weighted by atomic mass is 32.3. The SMILES string of the molecule is CCCCCCC(N)OS(=O)(=O)O. The molecule has 0 aromatic rings. The molecular weight excluding hydrogens is 194 g/mol. The summed E-state index contributed by atoms with van der Waals surface area (Å²) < 4.78 is 32.8. The summed E-state index contributed by atoms with van der Waals surface area (Å²) in [5.74, 6) is 0. The first-order valence-electron chi connectivity index (χ1n) is 4.37. The van der Waals surface area contributed by atoms with Crippen molar-refractivity contribution in [1.82, 2.24) is 0 Å². The van der Waals surface area contributed by atoms with Gasteiger partial charge in [0.15, 0.2) is 0 Å². The molecule has 1 unspecified atom stereocenters. The zero-order chi connectivity index (χ0) is 10.3. The lowest BCUT2D eigenvalue weighted by Gasteiger charge is -2.08. The quantitative estimate of drug-likeness (QED) is 0.373. The van der Waals surface area contributed by atoms with Crippen LogP contribution in [0.5, 0.6) is 0 Å². The topological polar surface area (TPSA) is 89.6 Å². The van der Waals surface area contributed by atoms with Crippen molar-refractivity contribution in [3.8, 4) is 0 Å². The Morgan fingerprint density at radius 2 is 2.00 bits per heavy atom. The lowest BCUT2D eigenvalue weighted by Crippen LogP contribution is -2.26. The minimum absolute atomic E-state index is 0.444. The predicted octanol–water partition coefficient (Wildman–Crippen LogP) is 1.06. The summed E-state index contributed by atoms with van der Waals surface area (Å²) in [6.07, 6.45) is 3.53. The minimum atomic E-state index is -4.39. The molecule has 0 fully saturated rings. The maximum absolute atomic E-state index is 10.2. The maximum atomic E-state index is 10.2. The van der Waals surface area contributed by atoms with Crippen LogP contribution in [0.15, 0.2) is 0 Å². The van der Waals surface area contributed by atoms with E-state index in [0.717, 1.165) is 25.7 Å². The molecule has 0 saturated carbocycles. The molecule has 1 atom stereocenters. The molecule has 5 nitrogen and oxygen atoms in total. The molecule has 0 amide bonds. The fourth-order valence-electron chi connectivity index (χ4n) is 0.977. The molecule has 3 N–H and O–H groups in total. The van der Waals surface area contributed by atoms with Gasteiger partial charge in [-0.25, -0.2) is 4.18 Å². The van der Waals surface area contributed by atoms with E-state index in [1.807, 2.05) is 0 Å². The van der Waals surface area contributed by atoms with Gasteiger partial charge >= 0.3 is 10.4 Å². The zero-order valence-electron chi connectivity index (χ0n) is 7.77. The third kappa shape index (κ3) is 9.75. The van der Waals surface area contributed by atoms with Crippen LogP contribution >= 0.6 is 0 Å². The average molecular weight is 211 g/mol. The fourth-order valence-corrected chi connectivity index (χ4v) is 1.39. The average Bonchev–Trinajstić information content (AvgIpc) is 1.94. The van der Waals surface area contributed by atoms with Crippen molar-refractivity contribution in [2.45, 2.75) is 45.3 Å². The van der Waals surface area contributed by atoms with Crippen LogP contribution in [0.1, 0.15) is 39.0 Å². The van der Waals surface area contributed by atoms with Crippen molar-refractivity contribution in [2.75, 3.05) is 0 Å². The van der Waals surface area contributed by atoms with E-state index in [9.17, 15) is 8.42 Å². The van der Waals surface area contributed by atoms with Crippen LogP contribution < -0.4 is 5.73 Å². The molecule has 13 heavy (non-hydrogen) atoms. The van der Waals surface area contributed by atoms with E-state index in [1.54, 1.807) is 0 Å². The second-order valence-electron chi connectivity index (χ2n) is 2.91. The number of hydrogen-bond donors (Lipinski definition) is 2. The molecule has 6 heteroatoms. The monoisotopic (exact) mass is 211 g/mol. The van der Waals surface area contributed by atoms with Gasteiger partial charge in [0.05, 0.1) is 0 Å². The molecule has 0 rings (SSSR count). The Kier molecular flexibility index (Phi) is 6.23. The van der Waals surface area contributed by atoms with Gasteiger partial charge in [-0.05, 0) is 12.8 Å². The van der Waals surface area contributed by atoms with E-state index < -0.39 is 16.6 Å². The molecule has 0 aromatic carbocycles. The molecular formula is C7H17NO4S. The second-order valence-corrected chi connectivity index (χ2v) is 3.96. The molecule has 0 aliphatic rings. The smallest absolute Gasteiger partial charge is 0.305 e. The van der Waals surface area contributed by atoms with E-state index in [1.165, 1.54) is 0 Å². The van der Waals surface area contributed by atoms with Crippen LogP contribution in [-0.2, 0) is 14.6 Å². The molecule has 0 saturated heterocycles. The number of unbranched alkanes of at least 4 members (excludes halogenated alkanes) is 3. The Labute approximate surface area is 79.2 Å². The molecule has 0 aliphatic carbocycles. The first-order chi connectivity index (χ1) is 5.95. The lowest BCUT2D eigenvalue weighted by molar-refractivity contribution is 0.175. The summed E-state index contributed by atoms with van der Waals surface area (Å²) in [4.78, 5) is 0. The van der Waals surface area contributed by atoms with E-state index in [0.29, 0.717) is 6.42 Å². The van der Waals surface area contributed by atoms with Gasteiger partial charge in [0.1, 0.15) is 6.23 Å². The van der Waals surface area contributed by atoms with Crippen molar-refractivity contribution >= 4 is 10.4 Å². The van der Waals surface area contributed by atoms with Crippen molar-refractivity contribution in [3.05, 3.63) is 0 Å². The Morgan fingerprint density at radius 3 is 2.46 bits per heavy atom. The Morgan fingerprint density at radius 1 is 1.38 bits per heavy atom. The summed E-state index contributed by atoms with van der Waals surface area (Å²) in [5, 5.41) is 0. The first kappa shape index (κ1) is 12.8. The zero-order valence-corrected chi connectivity index (χ0v) is 8.59. The minimum Gasteiger partial charge on any atom is -0.305 e. The van der Waals surface area contributed by atoms with E-state index in [4.69, 9.17) is 10.3 Å². The summed E-state index contributed by atoms with van der Waals surface area (Å²) in [5.41, 5.74) is 5.28. The van der Waals surface area contributed by atoms with Gasteiger partial charge in [0.2, 0.25) is 0 Å². The maximum Gasteiger partial charge on any atom is 0.398 e. The third-order valence-electron chi connectivity index (χ3n) is 1.59. The second kappa shape index (κ2) is 6.31. The van der Waals surface area contributed by atoms with E-state index in [2.05, 4.69) is 11.1 Å². The number of hydrogen-bond acceptors (Lipinski definition) is 4. The van der Waals surface area contributed by atoms with Gasteiger partial charge in [0.25, 0.3) is 0 Å². The number of rotatable bonds is 7. The molecule has 0 spiro atoms. The number of nitrogens with two attached hydrogens (primary N) is 1. The fraction of sp³-hybridized carbons (Fsp3) is 1.00. The van der Waals surface area contributed by atoms with Crippen molar-refractivity contribution in [2.24, 2.45) is 5.73 Å². The summed E-state index contributed by atoms with van der Waals surface area (Å²) in [7, 11) is -4.39. The van der Waals surface area contributed by atoms with Gasteiger partial charge < -0.3 is 5.73 Å². The lowest BCUT2D eigenvalue weighted by atomic mass is 10.1. The highest BCUT2D eigenvalue weighted by molar-refractivity contribution is 7.80. The van der Waals surface area contributed by atoms with E-state index in [-0.39, 0.29) is 0 Å². The third-order valence-corrected chi connectivity index (χ3v) is 2.08. The Balaban J connectivity index is 3.47. The van der Waals surface area contributed by atoms with Crippen molar-refractivity contribution in [1.29, 1.82) is 0 Å². The Hall–Kier alpha value is -0.170. The molecule has 0 heterocycles. The predicted molar refractivity (Wildman–Crippen MR) is 49.4 cm³/mol. The normalized spacial score (nSPS) is 14.4. The van der Waals surface area contributed by atoms with Crippen molar-refractivity contribution in [3.63, 3.8) is 0 Å². The summed E-state index contributed by atoms with van der Waals surface area (Å²) in [6, 6.07) is 0. The van der Waals surface area contributed by atoms with Gasteiger partial charge in [0, 0.05) is 0 Å². The van der Waals surface area contributed by atoms with Gasteiger partial charge in [-0.1, -0.05) is 26.2 Å². The highest BCUT2D eigenvalue weighted by Crippen LogP contribution is 2.06. The summed E-state index contributed by atoms with van der Waals surface area (Å²) >= 11 is 0. The largest absolute Gasteiger partial charge is 0.398 e. The Bertz CT molecular complexity index is 215. The van der Waals surface area contributed by atoms with Gasteiger partial charge in [-0.15, -0.1) is 0 Å². The van der Waals surface area contributed by atoms with E-state index >= 15 is 0 Å².